The lowest BCUT2D eigenvalue weighted by Crippen LogP contribution is -2.39. The molecule has 1 amide bonds. The van der Waals surface area contributed by atoms with Crippen LogP contribution in [0.15, 0.2) is 24.3 Å². The van der Waals surface area contributed by atoms with E-state index in [9.17, 15) is 9.18 Å². The summed E-state index contributed by atoms with van der Waals surface area (Å²) in [6.07, 6.45) is 0.721. The molecule has 0 saturated carbocycles. The maximum absolute atomic E-state index is 13.0. The Bertz CT molecular complexity index is 379. The van der Waals surface area contributed by atoms with Crippen molar-refractivity contribution in [2.45, 2.75) is 26.3 Å². The van der Waals surface area contributed by atoms with Gasteiger partial charge in [-0.05, 0) is 37.1 Å². The van der Waals surface area contributed by atoms with E-state index in [-0.39, 0.29) is 11.9 Å². The molecule has 0 radical (unpaired) electrons. The largest absolute Gasteiger partial charge is 0.349 e. The number of hydrogen-bond donors (Lipinski definition) is 2. The molecule has 0 bridgehead atoms. The van der Waals surface area contributed by atoms with Crippen molar-refractivity contribution in [3.63, 3.8) is 0 Å². The van der Waals surface area contributed by atoms with E-state index in [1.54, 1.807) is 6.07 Å². The molecule has 0 saturated heterocycles. The minimum Gasteiger partial charge on any atom is -0.349 e. The SMILES string of the molecule is CC(C)C(CCN)NC(=O)c1cccc(F)c1. The number of halogens is 1. The molecule has 4 heteroatoms. The van der Waals surface area contributed by atoms with Gasteiger partial charge < -0.3 is 11.1 Å². The lowest BCUT2D eigenvalue weighted by atomic mass is 10.0. The third-order valence-electron chi connectivity index (χ3n) is 2.69. The predicted molar refractivity (Wildman–Crippen MR) is 66.2 cm³/mol. The zero-order chi connectivity index (χ0) is 12.8. The van der Waals surface area contributed by atoms with E-state index in [1.807, 2.05) is 13.8 Å². The molecule has 0 aliphatic rings. The summed E-state index contributed by atoms with van der Waals surface area (Å²) in [5.41, 5.74) is 5.83. The van der Waals surface area contributed by atoms with Gasteiger partial charge in [0.25, 0.3) is 5.91 Å². The Morgan fingerprint density at radius 1 is 1.47 bits per heavy atom. The Morgan fingerprint density at radius 2 is 2.18 bits per heavy atom. The van der Waals surface area contributed by atoms with Gasteiger partial charge in [0.2, 0.25) is 0 Å². The molecular formula is C13H19FN2O. The second-order valence-corrected chi connectivity index (χ2v) is 4.41. The third kappa shape index (κ3) is 4.15. The van der Waals surface area contributed by atoms with Crippen LogP contribution >= 0.6 is 0 Å². The van der Waals surface area contributed by atoms with Crippen LogP contribution in [0.3, 0.4) is 0 Å². The minimum absolute atomic E-state index is 0.0239. The van der Waals surface area contributed by atoms with Gasteiger partial charge in [0, 0.05) is 11.6 Å². The number of nitrogens with one attached hydrogen (secondary N) is 1. The molecule has 3 nitrogen and oxygen atoms in total. The number of carbonyl (C=O) groups is 1. The normalized spacial score (nSPS) is 12.5. The Hall–Kier alpha value is -1.42. The summed E-state index contributed by atoms with van der Waals surface area (Å²) in [5.74, 6) is -0.356. The van der Waals surface area contributed by atoms with E-state index in [1.165, 1.54) is 18.2 Å². The highest BCUT2D eigenvalue weighted by atomic mass is 19.1. The smallest absolute Gasteiger partial charge is 0.251 e. The van der Waals surface area contributed by atoms with Crippen LogP contribution in [0.2, 0.25) is 0 Å². The van der Waals surface area contributed by atoms with E-state index < -0.39 is 5.82 Å². The molecular weight excluding hydrogens is 219 g/mol. The standard InChI is InChI=1S/C13H19FN2O/c1-9(2)12(6-7-15)16-13(17)10-4-3-5-11(14)8-10/h3-5,8-9,12H,6-7,15H2,1-2H3,(H,16,17). The lowest BCUT2D eigenvalue weighted by molar-refractivity contribution is 0.0923. The molecule has 94 valence electrons. The molecule has 3 N–H and O–H groups in total. The zero-order valence-corrected chi connectivity index (χ0v) is 10.2. The summed E-state index contributed by atoms with van der Waals surface area (Å²) in [5, 5.41) is 2.88. The summed E-state index contributed by atoms with van der Waals surface area (Å²) in [4.78, 5) is 11.9. The Kier molecular flexibility index (Phi) is 5.10. The maximum atomic E-state index is 13.0. The monoisotopic (exact) mass is 238 g/mol. The van der Waals surface area contributed by atoms with Crippen LogP contribution in [0.25, 0.3) is 0 Å². The molecule has 0 aliphatic heterocycles. The molecule has 0 aromatic heterocycles. The summed E-state index contributed by atoms with van der Waals surface area (Å²) in [6.45, 7) is 4.56. The van der Waals surface area contributed by atoms with Crippen LogP contribution in [-0.2, 0) is 0 Å². The molecule has 1 aromatic carbocycles. The van der Waals surface area contributed by atoms with Gasteiger partial charge in [0.1, 0.15) is 5.82 Å². The molecule has 1 rings (SSSR count). The van der Waals surface area contributed by atoms with Gasteiger partial charge in [-0.25, -0.2) is 4.39 Å². The Balaban J connectivity index is 2.70. The summed E-state index contributed by atoms with van der Waals surface area (Å²) < 4.78 is 13.0. The second kappa shape index (κ2) is 6.35. The minimum atomic E-state index is -0.405. The van der Waals surface area contributed by atoms with Crippen LogP contribution < -0.4 is 11.1 Å². The van der Waals surface area contributed by atoms with Crippen molar-refractivity contribution in [1.82, 2.24) is 5.32 Å². The van der Waals surface area contributed by atoms with Gasteiger partial charge in [-0.1, -0.05) is 19.9 Å². The van der Waals surface area contributed by atoms with Gasteiger partial charge in [0.15, 0.2) is 0 Å². The summed E-state index contributed by atoms with van der Waals surface area (Å²) in [7, 11) is 0. The van der Waals surface area contributed by atoms with E-state index in [2.05, 4.69) is 5.32 Å². The van der Waals surface area contributed by atoms with E-state index in [4.69, 9.17) is 5.73 Å². The van der Waals surface area contributed by atoms with Crippen molar-refractivity contribution in [2.24, 2.45) is 11.7 Å². The predicted octanol–water partition coefficient (Wildman–Crippen LogP) is 1.93. The number of carbonyl (C=O) groups excluding carboxylic acids is 1. The van der Waals surface area contributed by atoms with Gasteiger partial charge >= 0.3 is 0 Å². The average Bonchev–Trinajstić information content (AvgIpc) is 2.28. The number of benzene rings is 1. The van der Waals surface area contributed by atoms with Crippen molar-refractivity contribution >= 4 is 5.91 Å². The first-order valence-electron chi connectivity index (χ1n) is 5.81. The first-order valence-corrected chi connectivity index (χ1v) is 5.81. The van der Waals surface area contributed by atoms with Crippen LogP contribution in [-0.4, -0.2) is 18.5 Å². The van der Waals surface area contributed by atoms with Crippen molar-refractivity contribution < 1.29 is 9.18 Å². The van der Waals surface area contributed by atoms with Crippen molar-refractivity contribution in [3.05, 3.63) is 35.6 Å². The third-order valence-corrected chi connectivity index (χ3v) is 2.69. The number of amides is 1. The fourth-order valence-corrected chi connectivity index (χ4v) is 1.63. The second-order valence-electron chi connectivity index (χ2n) is 4.41. The molecule has 1 atom stereocenters. The van der Waals surface area contributed by atoms with Crippen LogP contribution in [0.4, 0.5) is 4.39 Å². The fourth-order valence-electron chi connectivity index (χ4n) is 1.63. The van der Waals surface area contributed by atoms with Gasteiger partial charge in [-0.15, -0.1) is 0 Å². The van der Waals surface area contributed by atoms with Crippen LogP contribution in [0, 0.1) is 11.7 Å². The highest BCUT2D eigenvalue weighted by molar-refractivity contribution is 5.94. The molecule has 0 heterocycles. The van der Waals surface area contributed by atoms with Crippen molar-refractivity contribution in [3.8, 4) is 0 Å². The van der Waals surface area contributed by atoms with Crippen LogP contribution in [0.1, 0.15) is 30.6 Å². The lowest BCUT2D eigenvalue weighted by Gasteiger charge is -2.21. The van der Waals surface area contributed by atoms with E-state index in [0.717, 1.165) is 6.42 Å². The molecule has 1 aromatic rings. The zero-order valence-electron chi connectivity index (χ0n) is 10.2. The Morgan fingerprint density at radius 3 is 2.71 bits per heavy atom. The maximum Gasteiger partial charge on any atom is 0.251 e. The van der Waals surface area contributed by atoms with Gasteiger partial charge in [-0.2, -0.15) is 0 Å². The summed E-state index contributed by atoms with van der Waals surface area (Å²) in [6, 6.07) is 5.69. The quantitative estimate of drug-likeness (QED) is 0.823. The number of hydrogen-bond acceptors (Lipinski definition) is 2. The fraction of sp³-hybridized carbons (Fsp3) is 0.462. The number of rotatable bonds is 5. The highest BCUT2D eigenvalue weighted by Crippen LogP contribution is 2.08. The number of nitrogens with two attached hydrogens (primary N) is 1. The molecule has 0 aliphatic carbocycles. The van der Waals surface area contributed by atoms with Gasteiger partial charge in [0.05, 0.1) is 0 Å². The average molecular weight is 238 g/mol. The topological polar surface area (TPSA) is 55.1 Å². The summed E-state index contributed by atoms with van der Waals surface area (Å²) >= 11 is 0. The first-order chi connectivity index (χ1) is 8.04. The molecule has 17 heavy (non-hydrogen) atoms. The first kappa shape index (κ1) is 13.6. The molecule has 0 spiro atoms. The van der Waals surface area contributed by atoms with Crippen molar-refractivity contribution in [2.75, 3.05) is 6.54 Å². The van der Waals surface area contributed by atoms with Crippen molar-refractivity contribution in [1.29, 1.82) is 0 Å². The van der Waals surface area contributed by atoms with Crippen LogP contribution in [0.5, 0.6) is 0 Å². The highest BCUT2D eigenvalue weighted by Gasteiger charge is 2.16. The molecule has 1 unspecified atom stereocenters. The van der Waals surface area contributed by atoms with E-state index in [0.29, 0.717) is 18.0 Å². The Labute approximate surface area is 101 Å². The molecule has 0 fully saturated rings. The van der Waals surface area contributed by atoms with Gasteiger partial charge in [-0.3, -0.25) is 4.79 Å². The van der Waals surface area contributed by atoms with E-state index >= 15 is 0 Å².